The molecule has 0 aliphatic carbocycles. The van der Waals surface area contributed by atoms with E-state index in [9.17, 15) is 5.11 Å². The van der Waals surface area contributed by atoms with E-state index < -0.39 is 0 Å². The van der Waals surface area contributed by atoms with Gasteiger partial charge in [-0.3, -0.25) is 0 Å². The number of thiophene rings is 1. The van der Waals surface area contributed by atoms with E-state index in [1.54, 1.807) is 11.3 Å². The molecule has 4 heteroatoms. The largest absolute Gasteiger partial charge is 0.396 e. The van der Waals surface area contributed by atoms with Crippen LogP contribution in [0.3, 0.4) is 0 Å². The average Bonchev–Trinajstić information content (AvgIpc) is 2.76. The molecule has 0 aliphatic heterocycles. The summed E-state index contributed by atoms with van der Waals surface area (Å²) >= 11 is 1.72. The van der Waals surface area contributed by atoms with Crippen molar-refractivity contribution in [3.8, 4) is 0 Å². The topological polar surface area (TPSA) is 45.1 Å². The highest BCUT2D eigenvalue weighted by Gasteiger charge is 2.24. The van der Waals surface area contributed by atoms with Crippen molar-refractivity contribution in [2.24, 2.45) is 5.41 Å². The third-order valence-electron chi connectivity index (χ3n) is 3.15. The van der Waals surface area contributed by atoms with Gasteiger partial charge in [-0.1, -0.05) is 20.8 Å². The second-order valence-corrected chi connectivity index (χ2v) is 6.51. The number of anilines is 1. The standard InChI is InChI=1S/C14H20N2OS/c1-14(2,3)12(5-8-17)16-13-10-6-9-18-11(10)4-7-15-13/h4,6-7,9,12,17H,5,8H2,1-3H3,(H,15,16). The molecule has 0 spiro atoms. The van der Waals surface area contributed by atoms with Crippen LogP contribution in [0.4, 0.5) is 5.82 Å². The molecule has 0 aliphatic rings. The first-order valence-corrected chi connectivity index (χ1v) is 7.10. The van der Waals surface area contributed by atoms with Gasteiger partial charge in [0.15, 0.2) is 0 Å². The highest BCUT2D eigenvalue weighted by molar-refractivity contribution is 7.17. The van der Waals surface area contributed by atoms with Crippen molar-refractivity contribution in [1.29, 1.82) is 0 Å². The lowest BCUT2D eigenvalue weighted by Gasteiger charge is -2.31. The minimum Gasteiger partial charge on any atom is -0.396 e. The third-order valence-corrected chi connectivity index (χ3v) is 4.04. The summed E-state index contributed by atoms with van der Waals surface area (Å²) in [6, 6.07) is 4.33. The molecule has 18 heavy (non-hydrogen) atoms. The van der Waals surface area contributed by atoms with Crippen molar-refractivity contribution in [2.45, 2.75) is 33.2 Å². The lowest BCUT2D eigenvalue weighted by molar-refractivity contribution is 0.235. The van der Waals surface area contributed by atoms with E-state index in [2.05, 4.69) is 42.5 Å². The van der Waals surface area contributed by atoms with E-state index in [0.717, 1.165) is 17.6 Å². The number of hydrogen-bond acceptors (Lipinski definition) is 4. The monoisotopic (exact) mass is 264 g/mol. The maximum absolute atomic E-state index is 9.19. The number of aromatic nitrogens is 1. The number of hydrogen-bond donors (Lipinski definition) is 2. The quantitative estimate of drug-likeness (QED) is 0.888. The van der Waals surface area contributed by atoms with Crippen LogP contribution in [0.1, 0.15) is 27.2 Å². The molecule has 0 aromatic carbocycles. The van der Waals surface area contributed by atoms with Crippen molar-refractivity contribution >= 4 is 27.2 Å². The maximum Gasteiger partial charge on any atom is 0.134 e. The Balaban J connectivity index is 2.28. The van der Waals surface area contributed by atoms with Gasteiger partial charge >= 0.3 is 0 Å². The molecule has 0 radical (unpaired) electrons. The van der Waals surface area contributed by atoms with Crippen LogP contribution in [0, 0.1) is 5.41 Å². The molecule has 0 bridgehead atoms. The van der Waals surface area contributed by atoms with Crippen molar-refractivity contribution < 1.29 is 5.11 Å². The molecule has 2 aromatic rings. The average molecular weight is 264 g/mol. The van der Waals surface area contributed by atoms with Crippen LogP contribution in [0.25, 0.3) is 10.1 Å². The molecule has 1 atom stereocenters. The number of aliphatic hydroxyl groups excluding tert-OH is 1. The first-order valence-electron chi connectivity index (χ1n) is 6.22. The van der Waals surface area contributed by atoms with Crippen LogP contribution >= 0.6 is 11.3 Å². The van der Waals surface area contributed by atoms with Gasteiger partial charge in [-0.15, -0.1) is 11.3 Å². The number of rotatable bonds is 4. The predicted molar refractivity (Wildman–Crippen MR) is 78.2 cm³/mol. The molecule has 0 saturated carbocycles. The first kappa shape index (κ1) is 13.3. The van der Waals surface area contributed by atoms with E-state index in [4.69, 9.17) is 0 Å². The molecule has 2 N–H and O–H groups in total. The van der Waals surface area contributed by atoms with E-state index >= 15 is 0 Å². The summed E-state index contributed by atoms with van der Waals surface area (Å²) < 4.78 is 1.24. The number of nitrogens with zero attached hydrogens (tertiary/aromatic N) is 1. The normalized spacial score (nSPS) is 13.8. The lowest BCUT2D eigenvalue weighted by atomic mass is 9.85. The second kappa shape index (κ2) is 5.24. The predicted octanol–water partition coefficient (Wildman–Crippen LogP) is 3.51. The summed E-state index contributed by atoms with van der Waals surface area (Å²) in [6.07, 6.45) is 2.56. The van der Waals surface area contributed by atoms with Crippen LogP contribution in [0.2, 0.25) is 0 Å². The van der Waals surface area contributed by atoms with Gasteiger partial charge in [0.25, 0.3) is 0 Å². The summed E-state index contributed by atoms with van der Waals surface area (Å²) in [7, 11) is 0. The van der Waals surface area contributed by atoms with Crippen molar-refractivity contribution in [3.63, 3.8) is 0 Å². The Bertz CT molecular complexity index is 516. The van der Waals surface area contributed by atoms with Crippen molar-refractivity contribution in [1.82, 2.24) is 4.98 Å². The molecule has 0 amide bonds. The highest BCUT2D eigenvalue weighted by atomic mass is 32.1. The van der Waals surface area contributed by atoms with Crippen LogP contribution in [-0.2, 0) is 0 Å². The SMILES string of the molecule is CC(C)(C)C(CCO)Nc1nccc2sccc12. The fourth-order valence-corrected chi connectivity index (χ4v) is 2.81. The van der Waals surface area contributed by atoms with Gasteiger partial charge in [0, 0.05) is 28.9 Å². The van der Waals surface area contributed by atoms with E-state index in [-0.39, 0.29) is 18.1 Å². The summed E-state index contributed by atoms with van der Waals surface area (Å²) in [6.45, 7) is 6.71. The van der Waals surface area contributed by atoms with Gasteiger partial charge in [0.2, 0.25) is 0 Å². The van der Waals surface area contributed by atoms with Crippen molar-refractivity contribution in [3.05, 3.63) is 23.7 Å². The Labute approximate surface area is 112 Å². The van der Waals surface area contributed by atoms with Crippen LogP contribution in [0.15, 0.2) is 23.7 Å². The minimum atomic E-state index is 0.0859. The van der Waals surface area contributed by atoms with E-state index in [1.165, 1.54) is 4.70 Å². The molecule has 2 aromatic heterocycles. The lowest BCUT2D eigenvalue weighted by Crippen LogP contribution is -2.35. The minimum absolute atomic E-state index is 0.0859. The Morgan fingerprint density at radius 3 is 2.83 bits per heavy atom. The maximum atomic E-state index is 9.19. The zero-order valence-electron chi connectivity index (χ0n) is 11.1. The van der Waals surface area contributed by atoms with Crippen LogP contribution in [-0.4, -0.2) is 22.7 Å². The Morgan fingerprint density at radius 2 is 2.17 bits per heavy atom. The molecule has 0 saturated heterocycles. The fraction of sp³-hybridized carbons (Fsp3) is 0.500. The zero-order valence-corrected chi connectivity index (χ0v) is 11.9. The fourth-order valence-electron chi connectivity index (χ4n) is 2.03. The molecule has 1 unspecified atom stereocenters. The first-order chi connectivity index (χ1) is 8.52. The molecular weight excluding hydrogens is 244 g/mol. The van der Waals surface area contributed by atoms with Gasteiger partial charge < -0.3 is 10.4 Å². The highest BCUT2D eigenvalue weighted by Crippen LogP contribution is 2.30. The molecule has 98 valence electrons. The second-order valence-electron chi connectivity index (χ2n) is 5.57. The van der Waals surface area contributed by atoms with Crippen LogP contribution in [0.5, 0.6) is 0 Å². The van der Waals surface area contributed by atoms with Crippen molar-refractivity contribution in [2.75, 3.05) is 11.9 Å². The smallest absolute Gasteiger partial charge is 0.134 e. The van der Waals surface area contributed by atoms with Crippen LogP contribution < -0.4 is 5.32 Å². The molecular formula is C14H20N2OS. The number of nitrogens with one attached hydrogen (secondary N) is 1. The van der Waals surface area contributed by atoms with Gasteiger partial charge in [0.05, 0.1) is 0 Å². The molecule has 3 nitrogen and oxygen atoms in total. The van der Waals surface area contributed by atoms with Gasteiger partial charge in [0.1, 0.15) is 5.82 Å². The Hall–Kier alpha value is -1.13. The molecule has 2 rings (SSSR count). The summed E-state index contributed by atoms with van der Waals surface area (Å²) in [5.41, 5.74) is 0.0859. The Morgan fingerprint density at radius 1 is 1.39 bits per heavy atom. The summed E-state index contributed by atoms with van der Waals surface area (Å²) in [5.74, 6) is 0.919. The number of pyridine rings is 1. The number of aliphatic hydroxyl groups is 1. The summed E-state index contributed by atoms with van der Waals surface area (Å²) in [5, 5.41) is 15.9. The van der Waals surface area contributed by atoms with Gasteiger partial charge in [-0.05, 0) is 29.3 Å². The van der Waals surface area contributed by atoms with E-state index in [0.29, 0.717) is 0 Å². The zero-order chi connectivity index (χ0) is 13.2. The third kappa shape index (κ3) is 2.82. The Kier molecular flexibility index (Phi) is 3.88. The van der Waals surface area contributed by atoms with Gasteiger partial charge in [-0.2, -0.15) is 0 Å². The van der Waals surface area contributed by atoms with E-state index in [1.807, 2.05) is 12.3 Å². The molecule has 2 heterocycles. The molecule has 0 fully saturated rings. The summed E-state index contributed by atoms with van der Waals surface area (Å²) in [4.78, 5) is 4.43. The van der Waals surface area contributed by atoms with Gasteiger partial charge in [-0.25, -0.2) is 4.98 Å². The number of fused-ring (bicyclic) bond motifs is 1.